The van der Waals surface area contributed by atoms with E-state index in [9.17, 15) is 0 Å². The molecule has 0 saturated heterocycles. The summed E-state index contributed by atoms with van der Waals surface area (Å²) in [5.74, 6) is 0. The third-order valence-electron chi connectivity index (χ3n) is 1.23. The maximum Gasteiger partial charge on any atom is 0.105 e. The lowest BCUT2D eigenvalue weighted by atomic mass is 10.0. The van der Waals surface area contributed by atoms with Crippen LogP contribution in [0.3, 0.4) is 0 Å². The molecule has 0 aromatic carbocycles. The smallest absolute Gasteiger partial charge is 0.105 e. The van der Waals surface area contributed by atoms with Gasteiger partial charge < -0.3 is 5.73 Å². The molecular weight excluding hydrogens is 160 g/mol. The van der Waals surface area contributed by atoms with Crippen molar-refractivity contribution in [2.45, 2.75) is 25.8 Å². The molecule has 3 nitrogen and oxygen atoms in total. The molecule has 0 radical (unpaired) electrons. The molecule has 0 atom stereocenters. The minimum absolute atomic E-state index is 0.260. The van der Waals surface area contributed by atoms with Crippen molar-refractivity contribution in [1.82, 2.24) is 5.06 Å². The third-order valence-corrected chi connectivity index (χ3v) is 1.63. The fourth-order valence-electron chi connectivity index (χ4n) is 0.603. The highest BCUT2D eigenvalue weighted by atomic mass is 32.1. The van der Waals surface area contributed by atoms with Crippen molar-refractivity contribution in [3.8, 4) is 0 Å². The maximum atomic E-state index is 5.76. The molecule has 0 aliphatic rings. The Morgan fingerprint density at radius 2 is 2.09 bits per heavy atom. The summed E-state index contributed by atoms with van der Waals surface area (Å²) >= 11 is 5.04. The quantitative estimate of drug-likeness (QED) is 0.513. The van der Waals surface area contributed by atoms with Crippen LogP contribution in [0.2, 0.25) is 0 Å². The number of hydrogen-bond acceptors (Lipinski definition) is 3. The van der Waals surface area contributed by atoms with E-state index in [1.807, 2.05) is 13.8 Å². The zero-order valence-electron chi connectivity index (χ0n) is 7.55. The molecule has 0 amide bonds. The van der Waals surface area contributed by atoms with Crippen LogP contribution in [0.5, 0.6) is 0 Å². The number of hydroxylamine groups is 2. The minimum Gasteiger partial charge on any atom is -0.325 e. The monoisotopic (exact) mass is 176 g/mol. The van der Waals surface area contributed by atoms with Gasteiger partial charge in [0.05, 0.1) is 7.11 Å². The van der Waals surface area contributed by atoms with Crippen LogP contribution in [0.25, 0.3) is 0 Å². The number of nitrogens with zero attached hydrogens (tertiary/aromatic N) is 1. The van der Waals surface area contributed by atoms with Crippen LogP contribution in [0.15, 0.2) is 0 Å². The highest BCUT2D eigenvalue weighted by Crippen LogP contribution is 2.07. The van der Waals surface area contributed by atoms with Crippen molar-refractivity contribution in [3.05, 3.63) is 0 Å². The van der Waals surface area contributed by atoms with E-state index in [1.165, 1.54) is 0 Å². The van der Waals surface area contributed by atoms with Gasteiger partial charge in [-0.05, 0) is 13.8 Å². The summed E-state index contributed by atoms with van der Waals surface area (Å²) in [7, 11) is 3.35. The van der Waals surface area contributed by atoms with E-state index in [2.05, 4.69) is 0 Å². The van der Waals surface area contributed by atoms with Crippen molar-refractivity contribution in [2.75, 3.05) is 14.2 Å². The molecular formula is C7H16N2OS. The third kappa shape index (κ3) is 5.12. The summed E-state index contributed by atoms with van der Waals surface area (Å²) in [6.07, 6.45) is 0.659. The van der Waals surface area contributed by atoms with Gasteiger partial charge in [-0.1, -0.05) is 12.2 Å². The Labute approximate surface area is 73.5 Å². The van der Waals surface area contributed by atoms with Gasteiger partial charge in [-0.25, -0.2) is 0 Å². The molecule has 0 saturated carbocycles. The molecule has 0 aromatic rings. The fraction of sp³-hybridized carbons (Fsp3) is 0.857. The lowest BCUT2D eigenvalue weighted by molar-refractivity contribution is -0.0417. The molecule has 11 heavy (non-hydrogen) atoms. The topological polar surface area (TPSA) is 38.5 Å². The molecule has 66 valence electrons. The summed E-state index contributed by atoms with van der Waals surface area (Å²) in [5, 5.41) is 1.55. The molecule has 0 aliphatic carbocycles. The normalized spacial score (nSPS) is 11.4. The lowest BCUT2D eigenvalue weighted by Gasteiger charge is -2.23. The maximum absolute atomic E-state index is 5.76. The van der Waals surface area contributed by atoms with Gasteiger partial charge in [-0.15, -0.1) is 0 Å². The van der Waals surface area contributed by atoms with E-state index in [-0.39, 0.29) is 5.54 Å². The molecule has 0 heterocycles. The van der Waals surface area contributed by atoms with Crippen molar-refractivity contribution in [3.63, 3.8) is 0 Å². The van der Waals surface area contributed by atoms with E-state index in [1.54, 1.807) is 19.2 Å². The van der Waals surface area contributed by atoms with Gasteiger partial charge in [-0.3, -0.25) is 9.90 Å². The van der Waals surface area contributed by atoms with Gasteiger partial charge in [0.1, 0.15) is 4.99 Å². The van der Waals surface area contributed by atoms with Crippen molar-refractivity contribution in [2.24, 2.45) is 5.73 Å². The largest absolute Gasteiger partial charge is 0.325 e. The summed E-state index contributed by atoms with van der Waals surface area (Å²) in [6, 6.07) is 0. The highest BCUT2D eigenvalue weighted by molar-refractivity contribution is 7.80. The summed E-state index contributed by atoms with van der Waals surface area (Å²) in [6.45, 7) is 3.87. The summed E-state index contributed by atoms with van der Waals surface area (Å²) in [5.41, 5.74) is 5.50. The SMILES string of the molecule is CON(C)C(=S)CC(C)(C)N. The summed E-state index contributed by atoms with van der Waals surface area (Å²) in [4.78, 5) is 5.62. The van der Waals surface area contributed by atoms with E-state index in [4.69, 9.17) is 22.8 Å². The van der Waals surface area contributed by atoms with Gasteiger partial charge in [0, 0.05) is 19.0 Å². The standard InChI is InChI=1S/C7H16N2OS/c1-7(2,8)5-6(11)9(3)10-4/h5,8H2,1-4H3. The first-order valence-corrected chi connectivity index (χ1v) is 3.87. The number of nitrogens with two attached hydrogens (primary N) is 1. The van der Waals surface area contributed by atoms with Gasteiger partial charge >= 0.3 is 0 Å². The molecule has 0 aromatic heterocycles. The Morgan fingerprint density at radius 3 is 2.36 bits per heavy atom. The van der Waals surface area contributed by atoms with Crippen LogP contribution in [-0.4, -0.2) is 29.7 Å². The van der Waals surface area contributed by atoms with Crippen LogP contribution in [0.4, 0.5) is 0 Å². The van der Waals surface area contributed by atoms with E-state index >= 15 is 0 Å². The Bertz CT molecular complexity index is 142. The Balaban J connectivity index is 3.88. The zero-order chi connectivity index (χ0) is 9.07. The second-order valence-corrected chi connectivity index (χ2v) is 3.71. The van der Waals surface area contributed by atoms with Crippen LogP contribution < -0.4 is 5.73 Å². The zero-order valence-corrected chi connectivity index (χ0v) is 8.36. The molecule has 0 aliphatic heterocycles. The fourth-order valence-corrected chi connectivity index (χ4v) is 1.05. The number of rotatable bonds is 3. The second-order valence-electron chi connectivity index (χ2n) is 3.24. The average Bonchev–Trinajstić information content (AvgIpc) is 1.82. The van der Waals surface area contributed by atoms with Crippen LogP contribution in [0.1, 0.15) is 20.3 Å². The summed E-state index contributed by atoms with van der Waals surface area (Å²) < 4.78 is 0. The van der Waals surface area contributed by atoms with Crippen molar-refractivity contribution in [1.29, 1.82) is 0 Å². The molecule has 4 heteroatoms. The second kappa shape index (κ2) is 3.99. The van der Waals surface area contributed by atoms with Crippen molar-refractivity contribution >= 4 is 17.2 Å². The van der Waals surface area contributed by atoms with Crippen LogP contribution >= 0.6 is 12.2 Å². The lowest BCUT2D eigenvalue weighted by Crippen LogP contribution is -2.38. The molecule has 0 unspecified atom stereocenters. The molecule has 0 bridgehead atoms. The van der Waals surface area contributed by atoms with Gasteiger partial charge in [0.2, 0.25) is 0 Å². The number of thiocarbonyl (C=S) groups is 1. The highest BCUT2D eigenvalue weighted by Gasteiger charge is 2.15. The van der Waals surface area contributed by atoms with Crippen LogP contribution in [0, 0.1) is 0 Å². The van der Waals surface area contributed by atoms with Crippen molar-refractivity contribution < 1.29 is 4.84 Å². The van der Waals surface area contributed by atoms with Gasteiger partial charge in [-0.2, -0.15) is 0 Å². The molecule has 0 rings (SSSR count). The predicted molar refractivity (Wildman–Crippen MR) is 50.3 cm³/mol. The van der Waals surface area contributed by atoms with Gasteiger partial charge in [0.15, 0.2) is 0 Å². The Kier molecular flexibility index (Phi) is 3.92. The van der Waals surface area contributed by atoms with E-state index in [0.29, 0.717) is 6.42 Å². The number of hydrogen-bond donors (Lipinski definition) is 1. The molecule has 2 N–H and O–H groups in total. The molecule has 0 spiro atoms. The Morgan fingerprint density at radius 1 is 1.64 bits per heavy atom. The average molecular weight is 176 g/mol. The minimum atomic E-state index is -0.260. The van der Waals surface area contributed by atoms with Gasteiger partial charge in [0.25, 0.3) is 0 Å². The van der Waals surface area contributed by atoms with Crippen LogP contribution in [-0.2, 0) is 4.84 Å². The van der Waals surface area contributed by atoms with E-state index < -0.39 is 0 Å². The first-order chi connectivity index (χ1) is 4.87. The first kappa shape index (κ1) is 10.8. The van der Waals surface area contributed by atoms with E-state index in [0.717, 1.165) is 4.99 Å². The first-order valence-electron chi connectivity index (χ1n) is 3.46. The molecule has 0 fully saturated rings. The Hall–Kier alpha value is -0.190. The predicted octanol–water partition coefficient (Wildman–Crippen LogP) is 0.934.